The number of carbonyl (C=O) groups excluding carboxylic acids is 1. The lowest BCUT2D eigenvalue weighted by atomic mass is 10.0. The van der Waals surface area contributed by atoms with Crippen LogP contribution in [-0.4, -0.2) is 15.9 Å². The Bertz CT molecular complexity index is 542. The second kappa shape index (κ2) is 4.28. The third-order valence-electron chi connectivity index (χ3n) is 2.07. The molecule has 16 heavy (non-hydrogen) atoms. The van der Waals surface area contributed by atoms with Gasteiger partial charge in [-0.15, -0.1) is 0 Å². The topological polar surface area (TPSA) is 68.9 Å². The third-order valence-corrected chi connectivity index (χ3v) is 2.26. The van der Waals surface area contributed by atoms with Gasteiger partial charge < -0.3 is 5.73 Å². The molecule has 0 saturated carbocycles. The summed E-state index contributed by atoms with van der Waals surface area (Å²) in [5.41, 5.74) is 6.83. The monoisotopic (exact) mass is 233 g/mol. The van der Waals surface area contributed by atoms with Crippen molar-refractivity contribution in [2.24, 2.45) is 5.73 Å². The highest BCUT2D eigenvalue weighted by molar-refractivity contribution is 6.29. The number of hydrogen-bond acceptors (Lipinski definition) is 3. The van der Waals surface area contributed by atoms with Gasteiger partial charge in [-0.2, -0.15) is 0 Å². The molecule has 1 amide bonds. The van der Waals surface area contributed by atoms with Gasteiger partial charge >= 0.3 is 0 Å². The van der Waals surface area contributed by atoms with E-state index in [1.807, 2.05) is 0 Å². The maximum atomic E-state index is 11.2. The number of benzene rings is 1. The van der Waals surface area contributed by atoms with Crippen LogP contribution in [0.3, 0.4) is 0 Å². The molecule has 0 aliphatic rings. The molecule has 2 N–H and O–H groups in total. The first-order valence-corrected chi connectivity index (χ1v) is 4.93. The molecular formula is C11H8ClN3O. The van der Waals surface area contributed by atoms with E-state index < -0.39 is 5.91 Å². The Morgan fingerprint density at radius 3 is 2.69 bits per heavy atom. The van der Waals surface area contributed by atoms with Gasteiger partial charge in [0.15, 0.2) is 0 Å². The van der Waals surface area contributed by atoms with E-state index in [4.69, 9.17) is 17.3 Å². The number of carbonyl (C=O) groups is 1. The highest BCUT2D eigenvalue weighted by Gasteiger charge is 2.10. The summed E-state index contributed by atoms with van der Waals surface area (Å²) in [5, 5.41) is 0.275. The van der Waals surface area contributed by atoms with Crippen LogP contribution in [0.1, 0.15) is 10.4 Å². The van der Waals surface area contributed by atoms with Gasteiger partial charge in [0.1, 0.15) is 5.15 Å². The molecule has 0 saturated heterocycles. The van der Waals surface area contributed by atoms with Crippen LogP contribution in [-0.2, 0) is 0 Å². The van der Waals surface area contributed by atoms with Crippen LogP contribution in [0.15, 0.2) is 36.7 Å². The maximum absolute atomic E-state index is 11.2. The summed E-state index contributed by atoms with van der Waals surface area (Å²) in [6, 6.07) is 6.92. The summed E-state index contributed by atoms with van der Waals surface area (Å²) in [4.78, 5) is 19.2. The zero-order valence-electron chi connectivity index (χ0n) is 8.22. The van der Waals surface area contributed by atoms with E-state index in [9.17, 15) is 4.79 Å². The molecule has 0 aliphatic carbocycles. The fraction of sp³-hybridized carbons (Fsp3) is 0. The first-order chi connectivity index (χ1) is 7.68. The van der Waals surface area contributed by atoms with E-state index in [1.54, 1.807) is 24.3 Å². The van der Waals surface area contributed by atoms with E-state index in [-0.39, 0.29) is 5.15 Å². The summed E-state index contributed by atoms with van der Waals surface area (Å²) < 4.78 is 0. The van der Waals surface area contributed by atoms with Crippen LogP contribution in [0.4, 0.5) is 0 Å². The van der Waals surface area contributed by atoms with Crippen molar-refractivity contribution in [2.45, 2.75) is 0 Å². The van der Waals surface area contributed by atoms with Crippen LogP contribution in [0.25, 0.3) is 11.3 Å². The number of nitrogens with zero attached hydrogens (tertiary/aromatic N) is 2. The number of halogens is 1. The van der Waals surface area contributed by atoms with E-state index in [1.165, 1.54) is 12.4 Å². The molecule has 0 aliphatic heterocycles. The van der Waals surface area contributed by atoms with Gasteiger partial charge in [-0.3, -0.25) is 9.78 Å². The number of hydrogen-bond donors (Lipinski definition) is 1. The Morgan fingerprint density at radius 2 is 2.00 bits per heavy atom. The first-order valence-electron chi connectivity index (χ1n) is 4.55. The minimum absolute atomic E-state index is 0.275. The molecule has 1 aromatic heterocycles. The minimum Gasteiger partial charge on any atom is -0.366 e. The average molecular weight is 234 g/mol. The molecule has 0 bridgehead atoms. The molecule has 0 unspecified atom stereocenters. The van der Waals surface area contributed by atoms with Gasteiger partial charge in [0, 0.05) is 11.1 Å². The summed E-state index contributed by atoms with van der Waals surface area (Å²) >= 11 is 5.74. The Kier molecular flexibility index (Phi) is 2.83. The van der Waals surface area contributed by atoms with Crippen LogP contribution in [0.5, 0.6) is 0 Å². The molecule has 80 valence electrons. The van der Waals surface area contributed by atoms with E-state index in [0.29, 0.717) is 16.8 Å². The van der Waals surface area contributed by atoms with Gasteiger partial charge in [0.25, 0.3) is 0 Å². The molecule has 1 aromatic carbocycles. The minimum atomic E-state index is -0.502. The number of aromatic nitrogens is 2. The average Bonchev–Trinajstić information content (AvgIpc) is 2.29. The smallest absolute Gasteiger partial charge is 0.249 e. The molecular weight excluding hydrogens is 226 g/mol. The quantitative estimate of drug-likeness (QED) is 0.861. The van der Waals surface area contributed by atoms with E-state index in [2.05, 4.69) is 9.97 Å². The number of amides is 1. The largest absolute Gasteiger partial charge is 0.366 e. The molecule has 0 fully saturated rings. The number of rotatable bonds is 2. The van der Waals surface area contributed by atoms with Crippen molar-refractivity contribution in [3.63, 3.8) is 0 Å². The molecule has 2 rings (SSSR count). The molecule has 4 nitrogen and oxygen atoms in total. The summed E-state index contributed by atoms with van der Waals surface area (Å²) in [5.74, 6) is -0.502. The Hall–Kier alpha value is -1.94. The summed E-state index contributed by atoms with van der Waals surface area (Å²) in [6.07, 6.45) is 2.96. The zero-order chi connectivity index (χ0) is 11.5. The lowest BCUT2D eigenvalue weighted by molar-refractivity contribution is 0.100. The Balaban J connectivity index is 2.60. The van der Waals surface area contributed by atoms with Crippen molar-refractivity contribution in [1.29, 1.82) is 0 Å². The lowest BCUT2D eigenvalue weighted by Gasteiger charge is -2.05. The van der Waals surface area contributed by atoms with Gasteiger partial charge in [0.05, 0.1) is 18.1 Å². The fourth-order valence-corrected chi connectivity index (χ4v) is 1.54. The fourth-order valence-electron chi connectivity index (χ4n) is 1.39. The van der Waals surface area contributed by atoms with Gasteiger partial charge in [0.2, 0.25) is 5.91 Å². The van der Waals surface area contributed by atoms with E-state index >= 15 is 0 Å². The molecule has 1 heterocycles. The Labute approximate surface area is 97.1 Å². The van der Waals surface area contributed by atoms with Crippen molar-refractivity contribution >= 4 is 17.5 Å². The highest BCUT2D eigenvalue weighted by Crippen LogP contribution is 2.21. The highest BCUT2D eigenvalue weighted by atomic mass is 35.5. The van der Waals surface area contributed by atoms with Crippen molar-refractivity contribution in [3.05, 3.63) is 47.4 Å². The van der Waals surface area contributed by atoms with Crippen LogP contribution in [0.2, 0.25) is 5.15 Å². The van der Waals surface area contributed by atoms with Gasteiger partial charge in [-0.25, -0.2) is 4.98 Å². The normalized spacial score (nSPS) is 10.1. The van der Waals surface area contributed by atoms with E-state index in [0.717, 1.165) is 0 Å². The van der Waals surface area contributed by atoms with Crippen molar-refractivity contribution < 1.29 is 4.79 Å². The van der Waals surface area contributed by atoms with Crippen molar-refractivity contribution in [3.8, 4) is 11.3 Å². The molecule has 2 aromatic rings. The summed E-state index contributed by atoms with van der Waals surface area (Å²) in [6.45, 7) is 0. The molecule has 5 heteroatoms. The molecule has 0 radical (unpaired) electrons. The first kappa shape index (κ1) is 10.6. The standard InChI is InChI=1S/C11H8ClN3O/c12-10-6-14-5-9(15-10)7-3-1-2-4-8(7)11(13)16/h1-6H,(H2,13,16). The van der Waals surface area contributed by atoms with Crippen molar-refractivity contribution in [1.82, 2.24) is 9.97 Å². The van der Waals surface area contributed by atoms with Gasteiger partial charge in [-0.1, -0.05) is 29.8 Å². The summed E-state index contributed by atoms with van der Waals surface area (Å²) in [7, 11) is 0. The lowest BCUT2D eigenvalue weighted by Crippen LogP contribution is -2.12. The molecule has 0 atom stereocenters. The maximum Gasteiger partial charge on any atom is 0.249 e. The van der Waals surface area contributed by atoms with Crippen LogP contribution < -0.4 is 5.73 Å². The number of primary amides is 1. The van der Waals surface area contributed by atoms with Crippen molar-refractivity contribution in [2.75, 3.05) is 0 Å². The number of nitrogens with two attached hydrogens (primary N) is 1. The second-order valence-corrected chi connectivity index (χ2v) is 3.52. The Morgan fingerprint density at radius 1 is 1.25 bits per heavy atom. The zero-order valence-corrected chi connectivity index (χ0v) is 8.98. The second-order valence-electron chi connectivity index (χ2n) is 3.14. The predicted octanol–water partition coefficient (Wildman–Crippen LogP) is 1.90. The van der Waals surface area contributed by atoms with Crippen LogP contribution >= 0.6 is 11.6 Å². The molecule has 0 spiro atoms. The predicted molar refractivity (Wildman–Crippen MR) is 61.0 cm³/mol. The third kappa shape index (κ3) is 2.01. The SMILES string of the molecule is NC(=O)c1ccccc1-c1cncc(Cl)n1. The van der Waals surface area contributed by atoms with Crippen LogP contribution in [0, 0.1) is 0 Å². The van der Waals surface area contributed by atoms with Gasteiger partial charge in [-0.05, 0) is 6.07 Å².